The average molecular weight is 277 g/mol. The van der Waals surface area contributed by atoms with Crippen LogP contribution >= 0.6 is 11.8 Å². The molecule has 1 aliphatic heterocycles. The largest absolute Gasteiger partial charge is 0.310 e. The molecule has 1 fully saturated rings. The third kappa shape index (κ3) is 5.19. The van der Waals surface area contributed by atoms with Crippen molar-refractivity contribution in [2.45, 2.75) is 39.7 Å². The predicted molar refractivity (Wildman–Crippen MR) is 86.7 cm³/mol. The van der Waals surface area contributed by atoms with Crippen molar-refractivity contribution in [3.8, 4) is 0 Å². The highest BCUT2D eigenvalue weighted by atomic mass is 32.2. The van der Waals surface area contributed by atoms with Gasteiger partial charge in [-0.15, -0.1) is 0 Å². The van der Waals surface area contributed by atoms with E-state index in [2.05, 4.69) is 68.2 Å². The van der Waals surface area contributed by atoms with Gasteiger partial charge in [0.25, 0.3) is 0 Å². The van der Waals surface area contributed by atoms with Gasteiger partial charge in [-0.3, -0.25) is 0 Å². The Kier molecular flexibility index (Phi) is 5.35. The van der Waals surface area contributed by atoms with Crippen LogP contribution in [0.25, 0.3) is 0 Å². The van der Waals surface area contributed by atoms with Gasteiger partial charge in [0, 0.05) is 6.04 Å². The molecular weight excluding hydrogens is 250 g/mol. The first-order valence-electron chi connectivity index (χ1n) is 7.41. The van der Waals surface area contributed by atoms with Crippen LogP contribution in [0.3, 0.4) is 0 Å². The monoisotopic (exact) mass is 277 g/mol. The Labute approximate surface area is 122 Å². The van der Waals surface area contributed by atoms with Crippen molar-refractivity contribution in [1.29, 1.82) is 0 Å². The maximum atomic E-state index is 3.82. The predicted octanol–water partition coefficient (Wildman–Crippen LogP) is 4.51. The fraction of sp³-hybridized carbons (Fsp3) is 0.647. The quantitative estimate of drug-likeness (QED) is 0.850. The van der Waals surface area contributed by atoms with Gasteiger partial charge in [-0.2, -0.15) is 11.8 Å². The lowest BCUT2D eigenvalue weighted by molar-refractivity contribution is 0.303. The fourth-order valence-electron chi connectivity index (χ4n) is 2.66. The van der Waals surface area contributed by atoms with Gasteiger partial charge in [0.2, 0.25) is 0 Å². The number of hydrogen-bond donors (Lipinski definition) is 1. The Balaban J connectivity index is 1.97. The van der Waals surface area contributed by atoms with Gasteiger partial charge in [0.1, 0.15) is 0 Å². The van der Waals surface area contributed by atoms with Gasteiger partial charge >= 0.3 is 0 Å². The van der Waals surface area contributed by atoms with Crippen LogP contribution in [0.2, 0.25) is 0 Å². The van der Waals surface area contributed by atoms with Crippen molar-refractivity contribution in [2.75, 3.05) is 18.1 Å². The average Bonchev–Trinajstić information content (AvgIpc) is 2.87. The minimum Gasteiger partial charge on any atom is -0.310 e. The van der Waals surface area contributed by atoms with Crippen LogP contribution in [0, 0.1) is 11.3 Å². The van der Waals surface area contributed by atoms with Crippen LogP contribution in [0.15, 0.2) is 30.3 Å². The number of benzene rings is 1. The molecule has 2 rings (SSSR count). The van der Waals surface area contributed by atoms with Crippen LogP contribution in [0.5, 0.6) is 0 Å². The Bertz CT molecular complexity index is 363. The third-order valence-electron chi connectivity index (χ3n) is 3.70. The summed E-state index contributed by atoms with van der Waals surface area (Å²) in [6.07, 6.45) is 2.57. The molecule has 0 aliphatic carbocycles. The van der Waals surface area contributed by atoms with Crippen molar-refractivity contribution in [2.24, 2.45) is 11.3 Å². The first-order valence-corrected chi connectivity index (χ1v) is 8.56. The molecule has 1 aromatic rings. The second kappa shape index (κ2) is 6.81. The molecule has 1 aromatic carbocycles. The van der Waals surface area contributed by atoms with Crippen molar-refractivity contribution in [3.63, 3.8) is 0 Å². The Morgan fingerprint density at radius 1 is 1.26 bits per heavy atom. The van der Waals surface area contributed by atoms with E-state index >= 15 is 0 Å². The van der Waals surface area contributed by atoms with Crippen LogP contribution in [0.4, 0.5) is 0 Å². The number of hydrogen-bond acceptors (Lipinski definition) is 2. The lowest BCUT2D eigenvalue weighted by Gasteiger charge is -2.28. The van der Waals surface area contributed by atoms with Gasteiger partial charge in [0.05, 0.1) is 0 Å². The summed E-state index contributed by atoms with van der Waals surface area (Å²) in [5.74, 6) is 3.56. The van der Waals surface area contributed by atoms with Crippen molar-refractivity contribution >= 4 is 11.8 Å². The molecule has 1 nitrogen and oxygen atoms in total. The molecule has 19 heavy (non-hydrogen) atoms. The SMILES string of the molecule is CC(C)(C)CC(NCC1CCSC1)c1ccccc1. The standard InChI is InChI=1S/C17H27NS/c1-17(2,3)11-16(15-7-5-4-6-8-15)18-12-14-9-10-19-13-14/h4-8,14,16,18H,9-13H2,1-3H3. The molecule has 106 valence electrons. The van der Waals surface area contributed by atoms with E-state index in [-0.39, 0.29) is 0 Å². The number of rotatable bonds is 5. The van der Waals surface area contributed by atoms with Crippen LogP contribution in [-0.4, -0.2) is 18.1 Å². The summed E-state index contributed by atoms with van der Waals surface area (Å²) in [6, 6.07) is 11.4. The van der Waals surface area contributed by atoms with Crippen LogP contribution in [0.1, 0.15) is 45.2 Å². The number of thioether (sulfide) groups is 1. The normalized spacial score (nSPS) is 21.5. The highest BCUT2D eigenvalue weighted by Gasteiger charge is 2.22. The van der Waals surface area contributed by atoms with E-state index in [4.69, 9.17) is 0 Å². The van der Waals surface area contributed by atoms with Gasteiger partial charge < -0.3 is 5.32 Å². The number of nitrogens with one attached hydrogen (secondary N) is 1. The highest BCUT2D eigenvalue weighted by molar-refractivity contribution is 7.99. The second-order valence-corrected chi connectivity index (χ2v) is 8.02. The van der Waals surface area contributed by atoms with Crippen molar-refractivity contribution in [3.05, 3.63) is 35.9 Å². The smallest absolute Gasteiger partial charge is 0.0325 e. The van der Waals surface area contributed by atoms with Crippen LogP contribution in [-0.2, 0) is 0 Å². The first kappa shape index (κ1) is 14.9. The molecule has 2 heteroatoms. The molecule has 0 aromatic heterocycles. The van der Waals surface area contributed by atoms with E-state index in [1.54, 1.807) is 0 Å². The second-order valence-electron chi connectivity index (χ2n) is 6.87. The van der Waals surface area contributed by atoms with E-state index in [1.807, 2.05) is 0 Å². The highest BCUT2D eigenvalue weighted by Crippen LogP contribution is 2.30. The molecule has 2 unspecified atom stereocenters. The van der Waals surface area contributed by atoms with Crippen molar-refractivity contribution in [1.82, 2.24) is 5.32 Å². The summed E-state index contributed by atoms with van der Waals surface area (Å²) < 4.78 is 0. The van der Waals surface area contributed by atoms with E-state index in [0.29, 0.717) is 11.5 Å². The minimum atomic E-state index is 0.359. The maximum absolute atomic E-state index is 3.82. The molecule has 0 bridgehead atoms. The zero-order valence-corrected chi connectivity index (χ0v) is 13.3. The summed E-state index contributed by atoms with van der Waals surface area (Å²) >= 11 is 2.10. The van der Waals surface area contributed by atoms with E-state index in [9.17, 15) is 0 Å². The Hall–Kier alpha value is -0.470. The van der Waals surface area contributed by atoms with Gasteiger partial charge in [0.15, 0.2) is 0 Å². The lowest BCUT2D eigenvalue weighted by atomic mass is 9.85. The summed E-state index contributed by atoms with van der Waals surface area (Å²) in [5.41, 5.74) is 1.79. The summed E-state index contributed by atoms with van der Waals surface area (Å²) in [7, 11) is 0. The molecule has 0 amide bonds. The summed E-state index contributed by atoms with van der Waals surface area (Å²) in [4.78, 5) is 0. The Morgan fingerprint density at radius 3 is 2.58 bits per heavy atom. The molecule has 1 N–H and O–H groups in total. The fourth-order valence-corrected chi connectivity index (χ4v) is 3.94. The molecule has 1 saturated heterocycles. The summed E-state index contributed by atoms with van der Waals surface area (Å²) in [5, 5.41) is 3.82. The van der Waals surface area contributed by atoms with Gasteiger partial charge in [-0.05, 0) is 47.8 Å². The molecular formula is C17H27NS. The molecule has 0 saturated carbocycles. The summed E-state index contributed by atoms with van der Waals surface area (Å²) in [6.45, 7) is 8.16. The first-order chi connectivity index (χ1) is 9.04. The van der Waals surface area contributed by atoms with E-state index in [0.717, 1.165) is 5.92 Å². The van der Waals surface area contributed by atoms with Gasteiger partial charge in [-0.1, -0.05) is 51.1 Å². The molecule has 0 spiro atoms. The topological polar surface area (TPSA) is 12.0 Å². The molecule has 1 aliphatic rings. The molecule has 0 radical (unpaired) electrons. The van der Waals surface area contributed by atoms with E-state index in [1.165, 1.54) is 36.5 Å². The molecule has 1 heterocycles. The van der Waals surface area contributed by atoms with Crippen LogP contribution < -0.4 is 5.32 Å². The molecule has 2 atom stereocenters. The minimum absolute atomic E-state index is 0.359. The maximum Gasteiger partial charge on any atom is 0.0325 e. The van der Waals surface area contributed by atoms with E-state index < -0.39 is 0 Å². The van der Waals surface area contributed by atoms with Crippen molar-refractivity contribution < 1.29 is 0 Å². The zero-order valence-electron chi connectivity index (χ0n) is 12.5. The van der Waals surface area contributed by atoms with Gasteiger partial charge in [-0.25, -0.2) is 0 Å². The third-order valence-corrected chi connectivity index (χ3v) is 4.93. The zero-order chi connectivity index (χ0) is 13.7. The lowest BCUT2D eigenvalue weighted by Crippen LogP contribution is -2.30. The Morgan fingerprint density at radius 2 is 2.00 bits per heavy atom.